The van der Waals surface area contributed by atoms with Crippen molar-refractivity contribution in [3.63, 3.8) is 0 Å². The highest BCUT2D eigenvalue weighted by atomic mass is 15.1. The number of para-hydroxylation sites is 1. The van der Waals surface area contributed by atoms with Crippen molar-refractivity contribution >= 4 is 5.69 Å². The summed E-state index contributed by atoms with van der Waals surface area (Å²) >= 11 is 0. The van der Waals surface area contributed by atoms with Crippen LogP contribution in [0.25, 0.3) is 0 Å². The van der Waals surface area contributed by atoms with Gasteiger partial charge < -0.3 is 4.90 Å². The maximum Gasteiger partial charge on any atom is 0.0398 e. The van der Waals surface area contributed by atoms with E-state index in [2.05, 4.69) is 43.0 Å². The summed E-state index contributed by atoms with van der Waals surface area (Å²) in [4.78, 5) is 2.56. The van der Waals surface area contributed by atoms with Crippen molar-refractivity contribution in [1.82, 2.24) is 0 Å². The van der Waals surface area contributed by atoms with Gasteiger partial charge in [0.1, 0.15) is 0 Å². The number of rotatable bonds is 5. The van der Waals surface area contributed by atoms with Crippen molar-refractivity contribution in [1.29, 1.82) is 0 Å². The van der Waals surface area contributed by atoms with Crippen LogP contribution in [0.3, 0.4) is 0 Å². The number of aryl methyl sites for hydroxylation is 1. The molecule has 0 spiro atoms. The molecule has 0 aliphatic carbocycles. The van der Waals surface area contributed by atoms with Crippen molar-refractivity contribution in [2.45, 2.75) is 46.0 Å². The van der Waals surface area contributed by atoms with E-state index in [4.69, 9.17) is 0 Å². The van der Waals surface area contributed by atoms with Crippen molar-refractivity contribution in [2.75, 3.05) is 18.0 Å². The molecule has 1 unspecified atom stereocenters. The lowest BCUT2D eigenvalue weighted by Crippen LogP contribution is -2.19. The monoisotopic (exact) mass is 231 g/mol. The van der Waals surface area contributed by atoms with E-state index in [0.29, 0.717) is 0 Å². The Kier molecular flexibility index (Phi) is 4.47. The molecular formula is C16H25N. The Morgan fingerprint density at radius 2 is 1.88 bits per heavy atom. The number of hydrogen-bond donors (Lipinski definition) is 0. The minimum absolute atomic E-state index is 0.849. The maximum atomic E-state index is 2.56. The van der Waals surface area contributed by atoms with Gasteiger partial charge in [-0.25, -0.2) is 0 Å². The van der Waals surface area contributed by atoms with Crippen LogP contribution in [-0.4, -0.2) is 13.1 Å². The van der Waals surface area contributed by atoms with Gasteiger partial charge in [-0.05, 0) is 43.2 Å². The predicted octanol–water partition coefficient (Wildman–Crippen LogP) is 4.27. The highest BCUT2D eigenvalue weighted by Crippen LogP contribution is 2.26. The highest BCUT2D eigenvalue weighted by Gasteiger charge is 2.15. The zero-order valence-corrected chi connectivity index (χ0v) is 11.3. The van der Waals surface area contributed by atoms with Crippen LogP contribution in [0.4, 0.5) is 5.69 Å². The molecule has 1 aliphatic rings. The minimum Gasteiger partial charge on any atom is -0.371 e. The van der Waals surface area contributed by atoms with E-state index >= 15 is 0 Å². The average molecular weight is 231 g/mol. The number of benzene rings is 1. The van der Waals surface area contributed by atoms with Gasteiger partial charge in [-0.2, -0.15) is 0 Å². The quantitative estimate of drug-likeness (QED) is 0.731. The van der Waals surface area contributed by atoms with Crippen LogP contribution >= 0.6 is 0 Å². The fourth-order valence-corrected chi connectivity index (χ4v) is 2.59. The van der Waals surface area contributed by atoms with Gasteiger partial charge in [-0.1, -0.05) is 38.5 Å². The second-order valence-electron chi connectivity index (χ2n) is 5.37. The van der Waals surface area contributed by atoms with Gasteiger partial charge >= 0.3 is 0 Å². The van der Waals surface area contributed by atoms with Crippen molar-refractivity contribution in [3.8, 4) is 0 Å². The van der Waals surface area contributed by atoms with Crippen molar-refractivity contribution in [3.05, 3.63) is 29.8 Å². The third kappa shape index (κ3) is 3.24. The molecule has 0 saturated carbocycles. The maximum absolute atomic E-state index is 2.56. The zero-order chi connectivity index (χ0) is 12.1. The van der Waals surface area contributed by atoms with Gasteiger partial charge in [0.25, 0.3) is 0 Å². The lowest BCUT2D eigenvalue weighted by molar-refractivity contribution is 0.516. The Morgan fingerprint density at radius 1 is 1.18 bits per heavy atom. The largest absolute Gasteiger partial charge is 0.371 e. The standard InChI is InChI=1S/C16H25N/c1-3-14(2)10-11-15-8-4-5-9-16(15)17-12-6-7-13-17/h4-5,8-9,14H,3,6-7,10-13H2,1-2H3. The number of anilines is 1. The van der Waals surface area contributed by atoms with Crippen molar-refractivity contribution < 1.29 is 0 Å². The predicted molar refractivity (Wildman–Crippen MR) is 75.7 cm³/mol. The van der Waals surface area contributed by atoms with Gasteiger partial charge in [0, 0.05) is 18.8 Å². The first-order chi connectivity index (χ1) is 8.31. The smallest absolute Gasteiger partial charge is 0.0398 e. The summed E-state index contributed by atoms with van der Waals surface area (Å²) in [6, 6.07) is 8.99. The van der Waals surface area contributed by atoms with Crippen LogP contribution in [0.1, 0.15) is 45.1 Å². The molecule has 1 aromatic carbocycles. The molecule has 1 aromatic rings. The van der Waals surface area contributed by atoms with Crippen LogP contribution in [0.2, 0.25) is 0 Å². The molecule has 1 heterocycles. The van der Waals surface area contributed by atoms with E-state index in [1.165, 1.54) is 50.9 Å². The molecule has 1 heteroatoms. The van der Waals surface area contributed by atoms with E-state index in [1.54, 1.807) is 5.56 Å². The normalized spacial score (nSPS) is 17.4. The third-order valence-electron chi connectivity index (χ3n) is 4.04. The lowest BCUT2D eigenvalue weighted by atomic mass is 9.98. The summed E-state index contributed by atoms with van der Waals surface area (Å²) in [5.74, 6) is 0.849. The van der Waals surface area contributed by atoms with Gasteiger partial charge in [-0.15, -0.1) is 0 Å². The topological polar surface area (TPSA) is 3.24 Å². The molecule has 17 heavy (non-hydrogen) atoms. The van der Waals surface area contributed by atoms with Gasteiger partial charge in [-0.3, -0.25) is 0 Å². The van der Waals surface area contributed by atoms with E-state index in [0.717, 1.165) is 5.92 Å². The van der Waals surface area contributed by atoms with Crippen LogP contribution in [0.5, 0.6) is 0 Å². The molecule has 0 amide bonds. The molecule has 1 atom stereocenters. The molecule has 1 aliphatic heterocycles. The summed E-state index contributed by atoms with van der Waals surface area (Å²) in [6.07, 6.45) is 6.58. The summed E-state index contributed by atoms with van der Waals surface area (Å²) in [7, 11) is 0. The Labute approximate surface area is 106 Å². The Morgan fingerprint density at radius 3 is 2.59 bits per heavy atom. The van der Waals surface area contributed by atoms with E-state index in [1.807, 2.05) is 0 Å². The van der Waals surface area contributed by atoms with Gasteiger partial charge in [0.15, 0.2) is 0 Å². The SMILES string of the molecule is CCC(C)CCc1ccccc1N1CCCC1. The molecule has 0 bridgehead atoms. The first-order valence-corrected chi connectivity index (χ1v) is 7.14. The Balaban J connectivity index is 2.04. The second kappa shape index (κ2) is 6.09. The Hall–Kier alpha value is -0.980. The summed E-state index contributed by atoms with van der Waals surface area (Å²) < 4.78 is 0. The molecular weight excluding hydrogens is 206 g/mol. The molecule has 94 valence electrons. The van der Waals surface area contributed by atoms with Gasteiger partial charge in [0.2, 0.25) is 0 Å². The van der Waals surface area contributed by atoms with Gasteiger partial charge in [0.05, 0.1) is 0 Å². The third-order valence-corrected chi connectivity index (χ3v) is 4.04. The Bertz CT molecular complexity index is 339. The van der Waals surface area contributed by atoms with E-state index < -0.39 is 0 Å². The van der Waals surface area contributed by atoms with E-state index in [9.17, 15) is 0 Å². The van der Waals surface area contributed by atoms with Crippen LogP contribution in [0.15, 0.2) is 24.3 Å². The zero-order valence-electron chi connectivity index (χ0n) is 11.3. The molecule has 0 N–H and O–H groups in total. The lowest BCUT2D eigenvalue weighted by Gasteiger charge is -2.22. The fourth-order valence-electron chi connectivity index (χ4n) is 2.59. The first kappa shape index (κ1) is 12.5. The molecule has 2 rings (SSSR count). The molecule has 1 fully saturated rings. The highest BCUT2D eigenvalue weighted by molar-refractivity contribution is 5.54. The van der Waals surface area contributed by atoms with Crippen LogP contribution < -0.4 is 4.90 Å². The first-order valence-electron chi connectivity index (χ1n) is 7.14. The average Bonchev–Trinajstić information content (AvgIpc) is 2.90. The fraction of sp³-hybridized carbons (Fsp3) is 0.625. The molecule has 1 saturated heterocycles. The summed E-state index contributed by atoms with van der Waals surface area (Å²) in [5, 5.41) is 0. The minimum atomic E-state index is 0.849. The molecule has 0 radical (unpaired) electrons. The van der Waals surface area contributed by atoms with Crippen LogP contribution in [-0.2, 0) is 6.42 Å². The van der Waals surface area contributed by atoms with E-state index in [-0.39, 0.29) is 0 Å². The number of hydrogen-bond acceptors (Lipinski definition) is 1. The summed E-state index contributed by atoms with van der Waals surface area (Å²) in [5.41, 5.74) is 3.04. The van der Waals surface area contributed by atoms with Crippen molar-refractivity contribution in [2.24, 2.45) is 5.92 Å². The second-order valence-corrected chi connectivity index (χ2v) is 5.37. The molecule has 1 nitrogen and oxygen atoms in total. The number of nitrogens with zero attached hydrogens (tertiary/aromatic N) is 1. The summed E-state index contributed by atoms with van der Waals surface area (Å²) in [6.45, 7) is 7.15. The molecule has 0 aromatic heterocycles. The van der Waals surface area contributed by atoms with Crippen LogP contribution in [0, 0.1) is 5.92 Å².